The number of halogens is 2. The predicted molar refractivity (Wildman–Crippen MR) is 61.4 cm³/mol. The highest BCUT2D eigenvalue weighted by atomic mass is 19.1. The molecule has 0 aliphatic rings. The maximum atomic E-state index is 13.5. The van der Waals surface area contributed by atoms with Gasteiger partial charge in [0, 0.05) is 6.92 Å². The summed E-state index contributed by atoms with van der Waals surface area (Å²) in [6.07, 6.45) is 0. The molecule has 0 amide bonds. The Hall–Kier alpha value is -2.11. The van der Waals surface area contributed by atoms with Gasteiger partial charge in [-0.15, -0.1) is 9.59 Å². The van der Waals surface area contributed by atoms with Gasteiger partial charge in [-0.1, -0.05) is 6.07 Å². The summed E-state index contributed by atoms with van der Waals surface area (Å²) in [4.78, 5) is 10.6. The van der Waals surface area contributed by atoms with E-state index in [0.29, 0.717) is 11.4 Å². The minimum atomic E-state index is -0.616. The Morgan fingerprint density at radius 2 is 1.89 bits per heavy atom. The standard InChI is InChI=1S/C12H11F2N3O/c1-7-12(16-18)8(2)17(15-7)6-9-10(13)4-3-5-11(9)14/h3-5H,6H2,1-2H3/p+1. The average molecular weight is 252 g/mol. The van der Waals surface area contributed by atoms with Crippen LogP contribution < -0.4 is 4.68 Å². The lowest BCUT2D eigenvalue weighted by atomic mass is 10.2. The van der Waals surface area contributed by atoms with Crippen LogP contribution in [0.4, 0.5) is 14.5 Å². The molecule has 0 saturated carbocycles. The average Bonchev–Trinajstić information content (AvgIpc) is 2.59. The lowest BCUT2D eigenvalue weighted by molar-refractivity contribution is -0.748. The van der Waals surface area contributed by atoms with Gasteiger partial charge in [0.2, 0.25) is 17.9 Å². The Bertz CT molecular complexity index is 587. The van der Waals surface area contributed by atoms with Gasteiger partial charge in [-0.2, -0.15) is 5.10 Å². The number of H-pyrrole nitrogens is 1. The number of aryl methyl sites for hydroxylation is 1. The molecule has 2 aromatic rings. The molecule has 18 heavy (non-hydrogen) atoms. The van der Waals surface area contributed by atoms with Crippen LogP contribution in [0.5, 0.6) is 0 Å². The minimum absolute atomic E-state index is 0.0132. The first-order valence-electron chi connectivity index (χ1n) is 5.40. The van der Waals surface area contributed by atoms with Crippen molar-refractivity contribution >= 4 is 5.69 Å². The first-order chi connectivity index (χ1) is 8.54. The second kappa shape index (κ2) is 4.64. The summed E-state index contributed by atoms with van der Waals surface area (Å²) in [5.74, 6) is -1.23. The van der Waals surface area contributed by atoms with Gasteiger partial charge in [0.1, 0.15) is 17.3 Å². The van der Waals surface area contributed by atoms with Crippen molar-refractivity contribution in [3.8, 4) is 0 Å². The van der Waals surface area contributed by atoms with Gasteiger partial charge >= 0.3 is 0 Å². The maximum Gasteiger partial charge on any atom is 0.234 e. The van der Waals surface area contributed by atoms with Gasteiger partial charge < -0.3 is 0 Å². The molecular weight excluding hydrogens is 240 g/mol. The Kier molecular flexibility index (Phi) is 3.18. The van der Waals surface area contributed by atoms with Crippen molar-refractivity contribution in [1.82, 2.24) is 5.10 Å². The van der Waals surface area contributed by atoms with Gasteiger partial charge in [-0.05, 0) is 24.2 Å². The number of hydrogen-bond acceptors (Lipinski definition) is 2. The van der Waals surface area contributed by atoms with Crippen LogP contribution in [0.3, 0.4) is 0 Å². The highest BCUT2D eigenvalue weighted by Gasteiger charge is 2.22. The summed E-state index contributed by atoms with van der Waals surface area (Å²) >= 11 is 0. The van der Waals surface area contributed by atoms with E-state index in [-0.39, 0.29) is 17.8 Å². The topological polar surface area (TPSA) is 49.1 Å². The fourth-order valence-corrected chi connectivity index (χ4v) is 1.87. The highest BCUT2D eigenvalue weighted by molar-refractivity contribution is 5.42. The molecule has 1 aromatic heterocycles. The number of nitrogens with one attached hydrogen (secondary N) is 1. The molecule has 1 aromatic carbocycles. The minimum Gasteiger partial charge on any atom is -0.206 e. The molecule has 6 heteroatoms. The zero-order chi connectivity index (χ0) is 13.3. The summed E-state index contributed by atoms with van der Waals surface area (Å²) in [6, 6.07) is 3.70. The lowest BCUT2D eigenvalue weighted by Crippen LogP contribution is -2.39. The van der Waals surface area contributed by atoms with Gasteiger partial charge in [-0.25, -0.2) is 8.78 Å². The van der Waals surface area contributed by atoms with Crippen LogP contribution in [0.15, 0.2) is 23.4 Å². The van der Waals surface area contributed by atoms with Crippen molar-refractivity contribution in [2.45, 2.75) is 20.4 Å². The van der Waals surface area contributed by atoms with Gasteiger partial charge in [-0.3, -0.25) is 0 Å². The third-order valence-electron chi connectivity index (χ3n) is 2.87. The largest absolute Gasteiger partial charge is 0.234 e. The molecule has 1 N–H and O–H groups in total. The van der Waals surface area contributed by atoms with Gasteiger partial charge in [0.15, 0.2) is 0 Å². The molecule has 0 unspecified atom stereocenters. The van der Waals surface area contributed by atoms with E-state index in [9.17, 15) is 13.7 Å². The molecule has 0 aliphatic carbocycles. The van der Waals surface area contributed by atoms with Crippen LogP contribution in [-0.4, -0.2) is 5.10 Å². The van der Waals surface area contributed by atoms with Crippen molar-refractivity contribution in [1.29, 1.82) is 0 Å². The Labute approximate surface area is 102 Å². The molecule has 2 rings (SSSR count). The summed E-state index contributed by atoms with van der Waals surface area (Å²) in [7, 11) is 0. The number of aromatic amines is 1. The normalized spacial score (nSPS) is 10.7. The Morgan fingerprint density at radius 1 is 1.28 bits per heavy atom. The molecule has 0 bridgehead atoms. The number of hydrogen-bond donors (Lipinski definition) is 1. The summed E-state index contributed by atoms with van der Waals surface area (Å²) < 4.78 is 28.5. The monoisotopic (exact) mass is 252 g/mol. The van der Waals surface area contributed by atoms with Crippen molar-refractivity contribution in [3.63, 3.8) is 0 Å². The van der Waals surface area contributed by atoms with E-state index in [1.165, 1.54) is 22.9 Å². The molecule has 0 fully saturated rings. The molecule has 1 heterocycles. The molecule has 4 nitrogen and oxygen atoms in total. The molecule has 0 aliphatic heterocycles. The van der Waals surface area contributed by atoms with E-state index >= 15 is 0 Å². The number of rotatable bonds is 3. The van der Waals surface area contributed by atoms with Crippen LogP contribution in [-0.2, 0) is 6.54 Å². The third-order valence-corrected chi connectivity index (χ3v) is 2.87. The Balaban J connectivity index is 2.44. The zero-order valence-electron chi connectivity index (χ0n) is 10.00. The number of benzene rings is 1. The molecule has 0 atom stereocenters. The summed E-state index contributed by atoms with van der Waals surface area (Å²) in [6.45, 7) is 3.33. The quantitative estimate of drug-likeness (QED) is 0.662. The van der Waals surface area contributed by atoms with Crippen LogP contribution in [0, 0.1) is 30.4 Å². The first kappa shape index (κ1) is 12.3. The molecular formula is C12H12F2N3O+. The van der Waals surface area contributed by atoms with Crippen LogP contribution >= 0.6 is 0 Å². The van der Waals surface area contributed by atoms with E-state index < -0.39 is 11.6 Å². The van der Waals surface area contributed by atoms with Gasteiger partial charge in [0.25, 0.3) is 0 Å². The van der Waals surface area contributed by atoms with Crippen molar-refractivity contribution in [2.24, 2.45) is 5.18 Å². The lowest BCUT2D eigenvalue weighted by Gasteiger charge is -2.00. The SMILES string of the molecule is Cc1[nH][n+](Cc2c(F)cccc2F)c(C)c1N=O. The first-order valence-corrected chi connectivity index (χ1v) is 5.40. The van der Waals surface area contributed by atoms with Crippen molar-refractivity contribution in [2.75, 3.05) is 0 Å². The summed E-state index contributed by atoms with van der Waals surface area (Å²) in [5.41, 5.74) is 1.33. The van der Waals surface area contributed by atoms with E-state index in [1.807, 2.05) is 0 Å². The molecule has 0 spiro atoms. The van der Waals surface area contributed by atoms with Crippen LogP contribution in [0.25, 0.3) is 0 Å². The third kappa shape index (κ3) is 2.01. The maximum absolute atomic E-state index is 13.5. The fourth-order valence-electron chi connectivity index (χ4n) is 1.87. The zero-order valence-corrected chi connectivity index (χ0v) is 10.00. The highest BCUT2D eigenvalue weighted by Crippen LogP contribution is 2.19. The number of nitroso groups, excluding NO2 is 1. The van der Waals surface area contributed by atoms with Crippen LogP contribution in [0.2, 0.25) is 0 Å². The molecule has 0 saturated heterocycles. The molecule has 0 radical (unpaired) electrons. The Morgan fingerprint density at radius 3 is 2.39 bits per heavy atom. The fraction of sp³-hybridized carbons (Fsp3) is 0.250. The van der Waals surface area contributed by atoms with Crippen LogP contribution in [0.1, 0.15) is 17.0 Å². The van der Waals surface area contributed by atoms with E-state index in [0.717, 1.165) is 0 Å². The molecule has 94 valence electrons. The van der Waals surface area contributed by atoms with Gasteiger partial charge in [0.05, 0.1) is 5.56 Å². The second-order valence-corrected chi connectivity index (χ2v) is 4.05. The van der Waals surface area contributed by atoms with E-state index in [4.69, 9.17) is 0 Å². The number of aromatic nitrogens is 2. The van der Waals surface area contributed by atoms with E-state index in [1.54, 1.807) is 13.8 Å². The second-order valence-electron chi connectivity index (χ2n) is 4.05. The summed E-state index contributed by atoms with van der Waals surface area (Å²) in [5, 5.41) is 5.74. The van der Waals surface area contributed by atoms with Crippen molar-refractivity contribution < 1.29 is 13.5 Å². The smallest absolute Gasteiger partial charge is 0.206 e. The van der Waals surface area contributed by atoms with E-state index in [2.05, 4.69) is 10.3 Å². The number of nitrogens with zero attached hydrogens (tertiary/aromatic N) is 2. The van der Waals surface area contributed by atoms with Crippen molar-refractivity contribution in [3.05, 3.63) is 51.7 Å². The predicted octanol–water partition coefficient (Wildman–Crippen LogP) is 2.64.